The second-order valence-electron chi connectivity index (χ2n) is 6.89. The van der Waals surface area contributed by atoms with Crippen molar-refractivity contribution in [3.63, 3.8) is 0 Å². The van der Waals surface area contributed by atoms with Gasteiger partial charge >= 0.3 is 0 Å². The number of nitrogens with zero attached hydrogens (tertiary/aromatic N) is 1. The number of hydrogen-bond acceptors (Lipinski definition) is 5. The Morgan fingerprint density at radius 2 is 1.66 bits per heavy atom. The fourth-order valence-electron chi connectivity index (χ4n) is 3.15. The summed E-state index contributed by atoms with van der Waals surface area (Å²) in [4.78, 5) is 38.7. The first-order valence-corrected chi connectivity index (χ1v) is 9.38. The first-order valence-electron chi connectivity index (χ1n) is 9.38. The highest BCUT2D eigenvalue weighted by Crippen LogP contribution is 2.32. The number of fused-ring (bicyclic) bond motifs is 1. The molecular weight excluding hydrogens is 370 g/mol. The van der Waals surface area contributed by atoms with Gasteiger partial charge in [0.05, 0.1) is 12.2 Å². The Bertz CT molecular complexity index is 969. The van der Waals surface area contributed by atoms with E-state index in [0.717, 1.165) is 0 Å². The fourth-order valence-corrected chi connectivity index (χ4v) is 3.15. The lowest BCUT2D eigenvalue weighted by atomic mass is 10.1. The second-order valence-corrected chi connectivity index (χ2v) is 6.89. The van der Waals surface area contributed by atoms with Gasteiger partial charge in [0.2, 0.25) is 0 Å². The Balaban J connectivity index is 1.91. The minimum absolute atomic E-state index is 0.124. The minimum atomic E-state index is -0.680. The van der Waals surface area contributed by atoms with E-state index in [1.54, 1.807) is 69.6 Å². The average Bonchev–Trinajstić information content (AvgIpc) is 2.94. The molecule has 1 atom stereocenters. The molecule has 0 unspecified atom stereocenters. The summed E-state index contributed by atoms with van der Waals surface area (Å²) in [5.74, 6) is 0.126. The summed E-state index contributed by atoms with van der Waals surface area (Å²) in [7, 11) is 3.32. The van der Waals surface area contributed by atoms with Crippen LogP contribution in [0.15, 0.2) is 48.0 Å². The maximum Gasteiger partial charge on any atom is 0.262 e. The van der Waals surface area contributed by atoms with Crippen LogP contribution in [-0.4, -0.2) is 49.2 Å². The van der Waals surface area contributed by atoms with Crippen molar-refractivity contribution in [1.29, 1.82) is 0 Å². The van der Waals surface area contributed by atoms with Crippen LogP contribution in [0.25, 0.3) is 6.08 Å². The fraction of sp³-hybridized carbons (Fsp3) is 0.261. The van der Waals surface area contributed by atoms with E-state index in [0.29, 0.717) is 34.8 Å². The van der Waals surface area contributed by atoms with Gasteiger partial charge in [-0.1, -0.05) is 30.3 Å². The van der Waals surface area contributed by atoms with E-state index in [1.165, 1.54) is 4.90 Å². The number of ketones is 2. The Morgan fingerprint density at radius 3 is 2.21 bits per heavy atom. The molecule has 0 fully saturated rings. The van der Waals surface area contributed by atoms with Crippen molar-refractivity contribution in [3.05, 3.63) is 64.7 Å². The molecule has 6 nitrogen and oxygen atoms in total. The smallest absolute Gasteiger partial charge is 0.262 e. The highest BCUT2D eigenvalue weighted by Gasteiger charge is 2.32. The van der Waals surface area contributed by atoms with E-state index in [-0.39, 0.29) is 23.0 Å². The molecule has 0 spiro atoms. The number of carbonyl (C=O) groups is 3. The van der Waals surface area contributed by atoms with Crippen molar-refractivity contribution in [2.75, 3.05) is 20.7 Å². The topological polar surface area (TPSA) is 72.9 Å². The summed E-state index contributed by atoms with van der Waals surface area (Å²) in [6.45, 7) is 3.90. The predicted molar refractivity (Wildman–Crippen MR) is 109 cm³/mol. The SMILES string of the molecule is CCOc1cc(C=C2C(=O)c3ccccc3C2=O)ccc1O[C@H](C)C(=O)N(C)C. The molecule has 3 rings (SSSR count). The Morgan fingerprint density at radius 1 is 1.03 bits per heavy atom. The van der Waals surface area contributed by atoms with Crippen LogP contribution < -0.4 is 9.47 Å². The summed E-state index contributed by atoms with van der Waals surface area (Å²) in [6, 6.07) is 11.9. The molecule has 1 aliphatic carbocycles. The third-order valence-electron chi connectivity index (χ3n) is 4.58. The number of allylic oxidation sites excluding steroid dienone is 1. The van der Waals surface area contributed by atoms with Crippen LogP contribution in [0.1, 0.15) is 40.1 Å². The normalized spacial score (nSPS) is 13.7. The van der Waals surface area contributed by atoms with Crippen LogP contribution in [-0.2, 0) is 4.79 Å². The molecule has 2 aromatic carbocycles. The molecule has 0 saturated carbocycles. The van der Waals surface area contributed by atoms with Gasteiger partial charge < -0.3 is 14.4 Å². The Kier molecular flexibility index (Phi) is 5.82. The van der Waals surface area contributed by atoms with Crippen LogP contribution >= 0.6 is 0 Å². The highest BCUT2D eigenvalue weighted by atomic mass is 16.5. The van der Waals surface area contributed by atoms with E-state index in [4.69, 9.17) is 9.47 Å². The maximum atomic E-state index is 12.6. The monoisotopic (exact) mass is 393 g/mol. The Hall–Kier alpha value is -3.41. The zero-order valence-electron chi connectivity index (χ0n) is 16.9. The standard InChI is InChI=1S/C23H23NO5/c1-5-28-20-13-15(10-11-19(20)29-14(2)23(27)24(3)4)12-18-21(25)16-8-6-7-9-17(16)22(18)26/h6-14H,5H2,1-4H3/t14-/m1/s1. The first kappa shape index (κ1) is 20.3. The molecule has 150 valence electrons. The number of likely N-dealkylation sites (N-methyl/N-ethyl adjacent to an activating group) is 1. The molecule has 2 aromatic rings. The number of carbonyl (C=O) groups excluding carboxylic acids is 3. The summed E-state index contributed by atoms with van der Waals surface area (Å²) < 4.78 is 11.4. The van der Waals surface area contributed by atoms with Gasteiger partial charge in [0.25, 0.3) is 5.91 Å². The van der Waals surface area contributed by atoms with Crippen molar-refractivity contribution in [2.45, 2.75) is 20.0 Å². The van der Waals surface area contributed by atoms with E-state index < -0.39 is 6.10 Å². The largest absolute Gasteiger partial charge is 0.490 e. The van der Waals surface area contributed by atoms with Crippen LogP contribution in [0.2, 0.25) is 0 Å². The van der Waals surface area contributed by atoms with E-state index >= 15 is 0 Å². The molecule has 0 N–H and O–H groups in total. The molecule has 0 aliphatic heterocycles. The number of hydrogen-bond donors (Lipinski definition) is 0. The van der Waals surface area contributed by atoms with Gasteiger partial charge in [-0.05, 0) is 37.6 Å². The summed E-state index contributed by atoms with van der Waals surface area (Å²) in [5.41, 5.74) is 1.60. The highest BCUT2D eigenvalue weighted by molar-refractivity contribution is 6.41. The van der Waals surface area contributed by atoms with Gasteiger partial charge in [0.1, 0.15) is 0 Å². The molecule has 1 aliphatic rings. The van der Waals surface area contributed by atoms with Gasteiger partial charge in [-0.3, -0.25) is 14.4 Å². The minimum Gasteiger partial charge on any atom is -0.490 e. The third kappa shape index (κ3) is 4.06. The number of amides is 1. The maximum absolute atomic E-state index is 12.6. The number of Topliss-reactive ketones (excluding diaryl/α,β-unsaturated/α-hetero) is 2. The van der Waals surface area contributed by atoms with Crippen molar-refractivity contribution >= 4 is 23.5 Å². The van der Waals surface area contributed by atoms with Crippen molar-refractivity contribution in [2.24, 2.45) is 0 Å². The molecule has 1 amide bonds. The van der Waals surface area contributed by atoms with Crippen LogP contribution in [0.4, 0.5) is 0 Å². The van der Waals surface area contributed by atoms with Crippen LogP contribution in [0.5, 0.6) is 11.5 Å². The Labute approximate surface area is 169 Å². The summed E-state index contributed by atoms with van der Waals surface area (Å²) in [6.07, 6.45) is 0.881. The average molecular weight is 393 g/mol. The van der Waals surface area contributed by atoms with Gasteiger partial charge in [0.15, 0.2) is 29.2 Å². The van der Waals surface area contributed by atoms with E-state index in [1.807, 2.05) is 6.92 Å². The molecule has 0 aromatic heterocycles. The zero-order valence-corrected chi connectivity index (χ0v) is 16.9. The first-order chi connectivity index (χ1) is 13.8. The molecule has 0 heterocycles. The molecule has 29 heavy (non-hydrogen) atoms. The van der Waals surface area contributed by atoms with Gasteiger partial charge in [0, 0.05) is 25.2 Å². The van der Waals surface area contributed by atoms with E-state index in [9.17, 15) is 14.4 Å². The molecule has 0 bridgehead atoms. The van der Waals surface area contributed by atoms with Gasteiger partial charge in [-0.25, -0.2) is 0 Å². The number of ether oxygens (including phenoxy) is 2. The molecular formula is C23H23NO5. The van der Waals surface area contributed by atoms with Crippen LogP contribution in [0, 0.1) is 0 Å². The quantitative estimate of drug-likeness (QED) is 0.556. The lowest BCUT2D eigenvalue weighted by Gasteiger charge is -2.20. The number of benzene rings is 2. The molecule has 6 heteroatoms. The lowest BCUT2D eigenvalue weighted by Crippen LogP contribution is -2.35. The van der Waals surface area contributed by atoms with Crippen LogP contribution in [0.3, 0.4) is 0 Å². The summed E-state index contributed by atoms with van der Waals surface area (Å²) >= 11 is 0. The number of rotatable bonds is 6. The zero-order chi connectivity index (χ0) is 21.1. The van der Waals surface area contributed by atoms with Crippen molar-refractivity contribution < 1.29 is 23.9 Å². The van der Waals surface area contributed by atoms with Gasteiger partial charge in [-0.2, -0.15) is 0 Å². The predicted octanol–water partition coefficient (Wildman–Crippen LogP) is 3.40. The second kappa shape index (κ2) is 8.31. The third-order valence-corrected chi connectivity index (χ3v) is 4.58. The molecule has 0 saturated heterocycles. The lowest BCUT2D eigenvalue weighted by molar-refractivity contribution is -0.135. The van der Waals surface area contributed by atoms with Crippen molar-refractivity contribution in [3.8, 4) is 11.5 Å². The summed E-state index contributed by atoms with van der Waals surface area (Å²) in [5, 5.41) is 0. The van der Waals surface area contributed by atoms with Crippen molar-refractivity contribution in [1.82, 2.24) is 4.90 Å². The van der Waals surface area contributed by atoms with Gasteiger partial charge in [-0.15, -0.1) is 0 Å². The van der Waals surface area contributed by atoms with E-state index in [2.05, 4.69) is 0 Å². The molecule has 0 radical (unpaired) electrons.